The van der Waals surface area contributed by atoms with Crippen LogP contribution in [0.3, 0.4) is 0 Å². The molecule has 3 rings (SSSR count). The SMILES string of the molecule is CC1CC(C)CN(C(=O)CN2CCN(C(=O)Nc3nc(C(F)(F)F)cs3)CC2)C1. The highest BCUT2D eigenvalue weighted by atomic mass is 32.1. The van der Waals surface area contributed by atoms with Crippen molar-refractivity contribution in [2.75, 3.05) is 51.1 Å². The number of nitrogens with zero attached hydrogens (tertiary/aromatic N) is 4. The summed E-state index contributed by atoms with van der Waals surface area (Å²) in [6, 6.07) is -0.474. The van der Waals surface area contributed by atoms with Crippen LogP contribution in [0.1, 0.15) is 26.0 Å². The number of hydrogen-bond donors (Lipinski definition) is 1. The minimum Gasteiger partial charge on any atom is -0.341 e. The van der Waals surface area contributed by atoms with Crippen LogP contribution in [0.5, 0.6) is 0 Å². The summed E-state index contributed by atoms with van der Waals surface area (Å²) >= 11 is 0.743. The van der Waals surface area contributed by atoms with Crippen molar-refractivity contribution in [3.05, 3.63) is 11.1 Å². The molecule has 2 unspecified atom stereocenters. The molecule has 29 heavy (non-hydrogen) atoms. The van der Waals surface area contributed by atoms with E-state index >= 15 is 0 Å². The van der Waals surface area contributed by atoms with Crippen LogP contribution in [0.4, 0.5) is 23.1 Å². The maximum Gasteiger partial charge on any atom is 0.434 e. The minimum atomic E-state index is -4.53. The van der Waals surface area contributed by atoms with E-state index in [1.54, 1.807) is 0 Å². The Morgan fingerprint density at radius 2 is 1.76 bits per heavy atom. The van der Waals surface area contributed by atoms with Gasteiger partial charge in [-0.25, -0.2) is 9.78 Å². The van der Waals surface area contributed by atoms with Crippen LogP contribution >= 0.6 is 11.3 Å². The first-order valence-electron chi connectivity index (χ1n) is 9.70. The molecule has 2 atom stereocenters. The fourth-order valence-electron chi connectivity index (χ4n) is 3.90. The number of thiazole rings is 1. The molecule has 0 bridgehead atoms. The zero-order valence-electron chi connectivity index (χ0n) is 16.5. The Kier molecular flexibility index (Phi) is 6.67. The lowest BCUT2D eigenvalue weighted by Crippen LogP contribution is -2.53. The molecule has 2 aliphatic heterocycles. The van der Waals surface area contributed by atoms with Gasteiger partial charge in [-0.1, -0.05) is 13.8 Å². The van der Waals surface area contributed by atoms with Crippen molar-refractivity contribution < 1.29 is 22.8 Å². The van der Waals surface area contributed by atoms with Crippen molar-refractivity contribution >= 4 is 28.4 Å². The Labute approximate surface area is 171 Å². The van der Waals surface area contributed by atoms with Crippen molar-refractivity contribution in [3.8, 4) is 0 Å². The Hall–Kier alpha value is -1.88. The topological polar surface area (TPSA) is 68.8 Å². The molecule has 11 heteroatoms. The molecule has 0 aromatic carbocycles. The highest BCUT2D eigenvalue weighted by Gasteiger charge is 2.34. The van der Waals surface area contributed by atoms with E-state index in [9.17, 15) is 22.8 Å². The number of alkyl halides is 3. The largest absolute Gasteiger partial charge is 0.434 e. The van der Waals surface area contributed by atoms with Crippen molar-refractivity contribution in [1.82, 2.24) is 19.7 Å². The van der Waals surface area contributed by atoms with Gasteiger partial charge in [-0.3, -0.25) is 15.0 Å². The van der Waals surface area contributed by atoms with Crippen LogP contribution in [0.25, 0.3) is 0 Å². The quantitative estimate of drug-likeness (QED) is 0.796. The lowest BCUT2D eigenvalue weighted by atomic mass is 9.92. The lowest BCUT2D eigenvalue weighted by molar-refractivity contribution is -0.140. The summed E-state index contributed by atoms with van der Waals surface area (Å²) in [5.41, 5.74) is -1.01. The van der Waals surface area contributed by atoms with Gasteiger partial charge in [0.15, 0.2) is 10.8 Å². The number of likely N-dealkylation sites (tertiary alicyclic amines) is 1. The second-order valence-electron chi connectivity index (χ2n) is 7.97. The lowest BCUT2D eigenvalue weighted by Gasteiger charge is -2.38. The molecule has 1 aromatic heterocycles. The van der Waals surface area contributed by atoms with Gasteiger partial charge in [-0.05, 0) is 18.3 Å². The number of urea groups is 1. The molecule has 2 fully saturated rings. The third-order valence-electron chi connectivity index (χ3n) is 5.25. The normalized spacial score (nSPS) is 23.9. The fourth-order valence-corrected chi connectivity index (χ4v) is 4.61. The average molecular weight is 434 g/mol. The van der Waals surface area contributed by atoms with E-state index in [4.69, 9.17) is 0 Å². The molecule has 0 spiro atoms. The van der Waals surface area contributed by atoms with Crippen molar-refractivity contribution in [1.29, 1.82) is 0 Å². The van der Waals surface area contributed by atoms with E-state index < -0.39 is 17.9 Å². The summed E-state index contributed by atoms with van der Waals surface area (Å²) in [6.07, 6.45) is -3.39. The first kappa shape index (κ1) is 21.8. The number of carbonyl (C=O) groups is 2. The molecule has 0 radical (unpaired) electrons. The summed E-state index contributed by atoms with van der Waals surface area (Å²) in [7, 11) is 0. The number of rotatable bonds is 3. The van der Waals surface area contributed by atoms with E-state index in [-0.39, 0.29) is 11.0 Å². The first-order chi connectivity index (χ1) is 13.6. The maximum absolute atomic E-state index is 12.6. The van der Waals surface area contributed by atoms with Crippen LogP contribution < -0.4 is 5.32 Å². The summed E-state index contributed by atoms with van der Waals surface area (Å²) in [5.74, 6) is 1.13. The highest BCUT2D eigenvalue weighted by Crippen LogP contribution is 2.31. The number of halogens is 3. The zero-order chi connectivity index (χ0) is 21.2. The fraction of sp³-hybridized carbons (Fsp3) is 0.722. The number of anilines is 1. The molecule has 1 N–H and O–H groups in total. The van der Waals surface area contributed by atoms with Gasteiger partial charge in [0.05, 0.1) is 6.54 Å². The molecule has 0 saturated carbocycles. The van der Waals surface area contributed by atoms with Gasteiger partial charge in [0, 0.05) is 44.6 Å². The second kappa shape index (κ2) is 8.86. The molecule has 2 aliphatic rings. The Morgan fingerprint density at radius 1 is 1.14 bits per heavy atom. The van der Waals surface area contributed by atoms with Crippen molar-refractivity contribution in [2.45, 2.75) is 26.4 Å². The van der Waals surface area contributed by atoms with Crippen molar-refractivity contribution in [3.63, 3.8) is 0 Å². The predicted molar refractivity (Wildman–Crippen MR) is 104 cm³/mol. The molecular formula is C18H26F3N5O2S. The van der Waals surface area contributed by atoms with Crippen molar-refractivity contribution in [2.24, 2.45) is 11.8 Å². The Bertz CT molecular complexity index is 723. The van der Waals surface area contributed by atoms with E-state index in [0.717, 1.165) is 36.2 Å². The summed E-state index contributed by atoms with van der Waals surface area (Å²) in [5, 5.41) is 3.22. The molecule has 3 heterocycles. The Balaban J connectivity index is 1.44. The summed E-state index contributed by atoms with van der Waals surface area (Å²) in [6.45, 7) is 8.14. The minimum absolute atomic E-state index is 0.0757. The standard InChI is InChI=1S/C18H26F3N5O2S/c1-12-7-13(2)9-26(8-12)15(27)10-24-3-5-25(6-4-24)17(28)23-16-22-14(11-29-16)18(19,20)21/h11-13H,3-10H2,1-2H3,(H,22,23,28). The molecule has 7 nitrogen and oxygen atoms in total. The molecule has 3 amide bonds. The monoisotopic (exact) mass is 433 g/mol. The number of hydrogen-bond acceptors (Lipinski definition) is 5. The van der Waals surface area contributed by atoms with E-state index in [1.807, 2.05) is 9.80 Å². The van der Waals surface area contributed by atoms with Gasteiger partial charge in [0.2, 0.25) is 5.91 Å². The third-order valence-corrected chi connectivity index (χ3v) is 6.01. The zero-order valence-corrected chi connectivity index (χ0v) is 17.4. The van der Waals surface area contributed by atoms with Crippen LogP contribution in [-0.2, 0) is 11.0 Å². The van der Waals surface area contributed by atoms with E-state index in [1.165, 1.54) is 4.90 Å². The number of piperazine rings is 1. The van der Waals surface area contributed by atoms with E-state index in [2.05, 4.69) is 24.1 Å². The van der Waals surface area contributed by atoms with E-state index in [0.29, 0.717) is 44.6 Å². The third kappa shape index (κ3) is 5.81. The predicted octanol–water partition coefficient (Wildman–Crippen LogP) is 2.82. The summed E-state index contributed by atoms with van der Waals surface area (Å²) in [4.78, 5) is 33.8. The number of amides is 3. The van der Waals surface area contributed by atoms with Gasteiger partial charge in [0.25, 0.3) is 0 Å². The first-order valence-corrected chi connectivity index (χ1v) is 10.6. The molecular weight excluding hydrogens is 407 g/mol. The average Bonchev–Trinajstić information content (AvgIpc) is 3.10. The molecule has 2 saturated heterocycles. The van der Waals surface area contributed by atoms with Crippen LogP contribution in [0, 0.1) is 11.8 Å². The van der Waals surface area contributed by atoms with Gasteiger partial charge >= 0.3 is 12.2 Å². The smallest absolute Gasteiger partial charge is 0.341 e. The van der Waals surface area contributed by atoms with Gasteiger partial charge < -0.3 is 9.80 Å². The maximum atomic E-state index is 12.6. The van der Waals surface area contributed by atoms with Crippen LogP contribution in [0.2, 0.25) is 0 Å². The molecule has 1 aromatic rings. The number of nitrogens with one attached hydrogen (secondary N) is 1. The van der Waals surface area contributed by atoms with Crippen LogP contribution in [0.15, 0.2) is 5.38 Å². The number of aromatic nitrogens is 1. The number of piperidine rings is 1. The van der Waals surface area contributed by atoms with Gasteiger partial charge in [0.1, 0.15) is 0 Å². The summed E-state index contributed by atoms with van der Waals surface area (Å²) < 4.78 is 37.8. The van der Waals surface area contributed by atoms with Crippen LogP contribution in [-0.4, -0.2) is 77.4 Å². The highest BCUT2D eigenvalue weighted by molar-refractivity contribution is 7.13. The van der Waals surface area contributed by atoms with Gasteiger partial charge in [-0.2, -0.15) is 13.2 Å². The second-order valence-corrected chi connectivity index (χ2v) is 8.83. The Morgan fingerprint density at radius 3 is 2.31 bits per heavy atom. The molecule has 162 valence electrons. The van der Waals surface area contributed by atoms with Gasteiger partial charge in [-0.15, -0.1) is 11.3 Å². The molecule has 0 aliphatic carbocycles. The number of carbonyl (C=O) groups excluding carboxylic acids is 2.